The summed E-state index contributed by atoms with van der Waals surface area (Å²) >= 11 is 0. The van der Waals surface area contributed by atoms with E-state index in [1.165, 1.54) is 7.11 Å². The average molecular weight is 210 g/mol. The molecule has 0 amide bonds. The molecule has 1 rings (SSSR count). The summed E-state index contributed by atoms with van der Waals surface area (Å²) in [6.45, 7) is 1.73. The molecule has 15 heavy (non-hydrogen) atoms. The molecule has 1 atom stereocenters. The Morgan fingerprint density at radius 3 is 3.00 bits per heavy atom. The van der Waals surface area contributed by atoms with Crippen LogP contribution in [0.25, 0.3) is 6.08 Å². The molecule has 0 saturated heterocycles. The van der Waals surface area contributed by atoms with Crippen molar-refractivity contribution < 1.29 is 19.1 Å². The summed E-state index contributed by atoms with van der Waals surface area (Å²) in [7, 11) is 1.29. The predicted octanol–water partition coefficient (Wildman–Crippen LogP) is 1.61. The largest absolute Gasteiger partial charge is 0.469 e. The number of esters is 1. The first-order valence-corrected chi connectivity index (χ1v) is 4.60. The van der Waals surface area contributed by atoms with Crippen molar-refractivity contribution in [3.8, 4) is 0 Å². The van der Waals surface area contributed by atoms with Gasteiger partial charge in [0, 0.05) is 0 Å². The lowest BCUT2D eigenvalue weighted by atomic mass is 10.1. The van der Waals surface area contributed by atoms with Crippen LogP contribution in [-0.2, 0) is 9.53 Å². The monoisotopic (exact) mass is 210 g/mol. The Morgan fingerprint density at radius 2 is 2.47 bits per heavy atom. The Morgan fingerprint density at radius 1 is 1.73 bits per heavy atom. The number of hydrogen-bond donors (Lipinski definition) is 1. The molecule has 0 saturated carbocycles. The van der Waals surface area contributed by atoms with Crippen molar-refractivity contribution in [3.05, 3.63) is 29.7 Å². The van der Waals surface area contributed by atoms with Gasteiger partial charge in [0.25, 0.3) is 0 Å². The number of methoxy groups -OCH3 is 1. The molecule has 1 aromatic rings. The smallest absolute Gasteiger partial charge is 0.308 e. The molecule has 1 heterocycles. The van der Waals surface area contributed by atoms with Gasteiger partial charge in [-0.05, 0) is 30.7 Å². The SMILES string of the molecule is COC(=O)C[C@H](O)/C(C)=C/c1ccco1. The summed E-state index contributed by atoms with van der Waals surface area (Å²) in [5.41, 5.74) is 0.662. The Kier molecular flexibility index (Phi) is 4.12. The van der Waals surface area contributed by atoms with Gasteiger partial charge < -0.3 is 14.3 Å². The number of furan rings is 1. The molecule has 0 radical (unpaired) electrons. The maximum absolute atomic E-state index is 10.9. The molecule has 0 fully saturated rings. The Bertz CT molecular complexity index is 337. The van der Waals surface area contributed by atoms with Crippen molar-refractivity contribution in [2.45, 2.75) is 19.4 Å². The van der Waals surface area contributed by atoms with E-state index in [0.29, 0.717) is 11.3 Å². The minimum absolute atomic E-state index is 0.0421. The van der Waals surface area contributed by atoms with E-state index < -0.39 is 12.1 Å². The van der Waals surface area contributed by atoms with Crippen LogP contribution in [0.15, 0.2) is 28.4 Å². The molecular formula is C11H14O4. The second kappa shape index (κ2) is 5.36. The van der Waals surface area contributed by atoms with Crippen LogP contribution in [-0.4, -0.2) is 24.3 Å². The third-order valence-corrected chi connectivity index (χ3v) is 2.03. The van der Waals surface area contributed by atoms with Gasteiger partial charge >= 0.3 is 5.97 Å². The van der Waals surface area contributed by atoms with Gasteiger partial charge in [-0.2, -0.15) is 0 Å². The topological polar surface area (TPSA) is 59.7 Å². The first-order chi connectivity index (χ1) is 7.13. The quantitative estimate of drug-likeness (QED) is 0.767. The molecule has 0 spiro atoms. The lowest BCUT2D eigenvalue weighted by Gasteiger charge is -2.08. The highest BCUT2D eigenvalue weighted by molar-refractivity contribution is 5.70. The zero-order valence-corrected chi connectivity index (χ0v) is 8.77. The number of hydrogen-bond acceptors (Lipinski definition) is 4. The van der Waals surface area contributed by atoms with E-state index in [9.17, 15) is 9.90 Å². The van der Waals surface area contributed by atoms with Gasteiger partial charge in [0.05, 0.1) is 25.9 Å². The molecule has 1 aromatic heterocycles. The minimum Gasteiger partial charge on any atom is -0.469 e. The third kappa shape index (κ3) is 3.59. The maximum atomic E-state index is 10.9. The van der Waals surface area contributed by atoms with Crippen LogP contribution in [0.1, 0.15) is 19.1 Å². The van der Waals surface area contributed by atoms with Crippen molar-refractivity contribution in [1.82, 2.24) is 0 Å². The zero-order valence-electron chi connectivity index (χ0n) is 8.77. The minimum atomic E-state index is -0.831. The highest BCUT2D eigenvalue weighted by atomic mass is 16.5. The second-order valence-corrected chi connectivity index (χ2v) is 3.20. The van der Waals surface area contributed by atoms with Gasteiger partial charge in [-0.3, -0.25) is 4.79 Å². The van der Waals surface area contributed by atoms with Crippen LogP contribution in [0.5, 0.6) is 0 Å². The number of carbonyl (C=O) groups is 1. The van der Waals surface area contributed by atoms with Gasteiger partial charge in [0.1, 0.15) is 5.76 Å². The van der Waals surface area contributed by atoms with E-state index in [-0.39, 0.29) is 6.42 Å². The molecule has 0 aliphatic heterocycles. The highest BCUT2D eigenvalue weighted by Gasteiger charge is 2.12. The van der Waals surface area contributed by atoms with Gasteiger partial charge in [-0.15, -0.1) is 0 Å². The molecule has 0 aromatic carbocycles. The van der Waals surface area contributed by atoms with E-state index in [0.717, 1.165) is 0 Å². The zero-order chi connectivity index (χ0) is 11.3. The summed E-state index contributed by atoms with van der Waals surface area (Å²) < 4.78 is 9.54. The van der Waals surface area contributed by atoms with Crippen molar-refractivity contribution >= 4 is 12.0 Å². The van der Waals surface area contributed by atoms with Gasteiger partial charge in [0.2, 0.25) is 0 Å². The number of aliphatic hydroxyl groups is 1. The molecule has 4 heteroatoms. The molecule has 1 N–H and O–H groups in total. The normalized spacial score (nSPS) is 13.7. The fourth-order valence-electron chi connectivity index (χ4n) is 1.10. The van der Waals surface area contributed by atoms with E-state index in [1.807, 2.05) is 0 Å². The predicted molar refractivity (Wildman–Crippen MR) is 55.0 cm³/mol. The number of carbonyl (C=O) groups excluding carboxylic acids is 1. The average Bonchev–Trinajstić information content (AvgIpc) is 2.70. The van der Waals surface area contributed by atoms with Crippen LogP contribution in [0.3, 0.4) is 0 Å². The van der Waals surface area contributed by atoms with Gasteiger partial charge in [-0.25, -0.2) is 0 Å². The maximum Gasteiger partial charge on any atom is 0.308 e. The van der Waals surface area contributed by atoms with Crippen molar-refractivity contribution in [3.63, 3.8) is 0 Å². The molecule has 0 bridgehead atoms. The summed E-state index contributed by atoms with van der Waals surface area (Å²) in [4.78, 5) is 10.9. The third-order valence-electron chi connectivity index (χ3n) is 2.03. The van der Waals surface area contributed by atoms with E-state index in [2.05, 4.69) is 4.74 Å². The fraction of sp³-hybridized carbons (Fsp3) is 0.364. The van der Waals surface area contributed by atoms with Crippen LogP contribution in [0.4, 0.5) is 0 Å². The van der Waals surface area contributed by atoms with Gasteiger partial charge in [-0.1, -0.05) is 0 Å². The summed E-state index contributed by atoms with van der Waals surface area (Å²) in [6.07, 6.45) is 2.36. The summed E-state index contributed by atoms with van der Waals surface area (Å²) in [6, 6.07) is 3.53. The van der Waals surface area contributed by atoms with Crippen LogP contribution >= 0.6 is 0 Å². The Labute approximate surface area is 88.2 Å². The van der Waals surface area contributed by atoms with Crippen molar-refractivity contribution in [2.24, 2.45) is 0 Å². The van der Waals surface area contributed by atoms with Gasteiger partial charge in [0.15, 0.2) is 0 Å². The second-order valence-electron chi connectivity index (χ2n) is 3.20. The lowest BCUT2D eigenvalue weighted by Crippen LogP contribution is -2.15. The number of aliphatic hydroxyl groups excluding tert-OH is 1. The first-order valence-electron chi connectivity index (χ1n) is 4.60. The summed E-state index contributed by atoms with van der Waals surface area (Å²) in [5.74, 6) is 0.214. The van der Waals surface area contributed by atoms with Crippen LogP contribution in [0, 0.1) is 0 Å². The van der Waals surface area contributed by atoms with Crippen molar-refractivity contribution in [2.75, 3.05) is 7.11 Å². The first kappa shape index (κ1) is 11.5. The van der Waals surface area contributed by atoms with E-state index in [4.69, 9.17) is 4.42 Å². The number of rotatable bonds is 4. The summed E-state index contributed by atoms with van der Waals surface area (Å²) in [5, 5.41) is 9.61. The molecule has 0 aliphatic carbocycles. The molecule has 4 nitrogen and oxygen atoms in total. The molecule has 0 aliphatic rings. The van der Waals surface area contributed by atoms with E-state index in [1.54, 1.807) is 31.4 Å². The lowest BCUT2D eigenvalue weighted by molar-refractivity contribution is -0.142. The fourth-order valence-corrected chi connectivity index (χ4v) is 1.10. The van der Waals surface area contributed by atoms with Crippen LogP contribution < -0.4 is 0 Å². The van der Waals surface area contributed by atoms with E-state index >= 15 is 0 Å². The molecular weight excluding hydrogens is 196 g/mol. The Balaban J connectivity index is 2.60. The molecule has 82 valence electrons. The highest BCUT2D eigenvalue weighted by Crippen LogP contribution is 2.12. The number of ether oxygens (including phenoxy) is 1. The van der Waals surface area contributed by atoms with Crippen molar-refractivity contribution in [1.29, 1.82) is 0 Å². The van der Waals surface area contributed by atoms with Crippen LogP contribution in [0.2, 0.25) is 0 Å². The Hall–Kier alpha value is -1.55. The molecule has 0 unspecified atom stereocenters. The standard InChI is InChI=1S/C11H14O4/c1-8(6-9-4-3-5-15-9)10(12)7-11(13)14-2/h3-6,10,12H,7H2,1-2H3/b8-6+/t10-/m0/s1.